The largest absolute Gasteiger partial charge is 0.480 e. The van der Waals surface area contributed by atoms with Crippen LogP contribution in [-0.2, 0) is 11.3 Å². The van der Waals surface area contributed by atoms with Gasteiger partial charge in [0.1, 0.15) is 11.9 Å². The molecule has 5 heteroatoms. The molecule has 0 radical (unpaired) electrons. The Hall–Kier alpha value is -1.88. The Balaban J connectivity index is 1.83. The van der Waals surface area contributed by atoms with Crippen molar-refractivity contribution in [1.82, 2.24) is 14.9 Å². The molecule has 1 aliphatic rings. The molecule has 2 aromatic rings. The number of carboxylic acid groups (broad SMARTS) is 1. The zero-order valence-corrected chi connectivity index (χ0v) is 10.9. The van der Waals surface area contributed by atoms with Crippen LogP contribution in [0.5, 0.6) is 0 Å². The van der Waals surface area contributed by atoms with Gasteiger partial charge in [-0.1, -0.05) is 6.07 Å². The van der Waals surface area contributed by atoms with Gasteiger partial charge >= 0.3 is 5.97 Å². The second kappa shape index (κ2) is 4.66. The maximum absolute atomic E-state index is 11.1. The van der Waals surface area contributed by atoms with Gasteiger partial charge in [0.15, 0.2) is 0 Å². The SMILES string of the molecule is Cc1ccc2nc(CN3CCCC3C(=O)O)[nH]c2c1. The van der Waals surface area contributed by atoms with Crippen LogP contribution in [0.4, 0.5) is 0 Å². The van der Waals surface area contributed by atoms with Crippen LogP contribution < -0.4 is 0 Å². The Morgan fingerprint density at radius 2 is 2.42 bits per heavy atom. The molecule has 1 saturated heterocycles. The smallest absolute Gasteiger partial charge is 0.320 e. The summed E-state index contributed by atoms with van der Waals surface area (Å²) in [5, 5.41) is 9.17. The fourth-order valence-electron chi connectivity index (χ4n) is 2.74. The number of rotatable bonds is 3. The Bertz CT molecular complexity index is 620. The summed E-state index contributed by atoms with van der Waals surface area (Å²) in [6, 6.07) is 5.71. The fourth-order valence-corrected chi connectivity index (χ4v) is 2.74. The summed E-state index contributed by atoms with van der Waals surface area (Å²) in [6.07, 6.45) is 1.67. The van der Waals surface area contributed by atoms with E-state index in [9.17, 15) is 4.79 Å². The summed E-state index contributed by atoms with van der Waals surface area (Å²) in [5.74, 6) is 0.109. The molecule has 1 fully saturated rings. The number of carbonyl (C=O) groups is 1. The minimum absolute atomic E-state index is 0.366. The third-order valence-electron chi connectivity index (χ3n) is 3.69. The maximum atomic E-state index is 11.1. The molecule has 3 rings (SSSR count). The minimum atomic E-state index is -0.732. The van der Waals surface area contributed by atoms with Crippen LogP contribution in [0.2, 0.25) is 0 Å². The highest BCUT2D eigenvalue weighted by molar-refractivity contribution is 5.76. The number of carboxylic acids is 1. The number of aliphatic carboxylic acids is 1. The molecule has 0 spiro atoms. The number of aryl methyl sites for hydroxylation is 1. The number of H-pyrrole nitrogens is 1. The van der Waals surface area contributed by atoms with Crippen LogP contribution >= 0.6 is 0 Å². The molecular formula is C14H17N3O2. The molecule has 5 nitrogen and oxygen atoms in total. The van der Waals surface area contributed by atoms with E-state index in [4.69, 9.17) is 5.11 Å². The van der Waals surface area contributed by atoms with Gasteiger partial charge in [-0.3, -0.25) is 9.69 Å². The monoisotopic (exact) mass is 259 g/mol. The topological polar surface area (TPSA) is 69.2 Å². The number of nitrogens with one attached hydrogen (secondary N) is 1. The second-order valence-corrected chi connectivity index (χ2v) is 5.17. The van der Waals surface area contributed by atoms with Crippen LogP contribution in [0.25, 0.3) is 11.0 Å². The lowest BCUT2D eigenvalue weighted by Gasteiger charge is -2.19. The molecule has 0 bridgehead atoms. The summed E-state index contributed by atoms with van der Waals surface area (Å²) < 4.78 is 0. The molecule has 0 aliphatic carbocycles. The van der Waals surface area contributed by atoms with Gasteiger partial charge in [0.05, 0.1) is 17.6 Å². The molecular weight excluding hydrogens is 242 g/mol. The average Bonchev–Trinajstić information content (AvgIpc) is 2.95. The molecule has 2 heterocycles. The first-order chi connectivity index (χ1) is 9.13. The molecule has 1 atom stereocenters. The quantitative estimate of drug-likeness (QED) is 0.883. The lowest BCUT2D eigenvalue weighted by atomic mass is 10.2. The van der Waals surface area contributed by atoms with E-state index in [0.29, 0.717) is 6.54 Å². The van der Waals surface area contributed by atoms with Crippen molar-refractivity contribution in [1.29, 1.82) is 0 Å². The lowest BCUT2D eigenvalue weighted by Crippen LogP contribution is -2.35. The standard InChI is InChI=1S/C14H17N3O2/c1-9-4-5-10-11(7-9)16-13(15-10)8-17-6-2-3-12(17)14(18)19/h4-5,7,12H,2-3,6,8H2,1H3,(H,15,16)(H,18,19). The van der Waals surface area contributed by atoms with Crippen molar-refractivity contribution in [3.05, 3.63) is 29.6 Å². The first kappa shape index (κ1) is 12.2. The lowest BCUT2D eigenvalue weighted by molar-refractivity contribution is -0.142. The highest BCUT2D eigenvalue weighted by atomic mass is 16.4. The first-order valence-electron chi connectivity index (χ1n) is 6.55. The van der Waals surface area contributed by atoms with Gasteiger partial charge in [-0.25, -0.2) is 4.98 Å². The molecule has 0 amide bonds. The zero-order chi connectivity index (χ0) is 13.4. The molecule has 2 N–H and O–H groups in total. The van der Waals surface area contributed by atoms with Gasteiger partial charge in [-0.2, -0.15) is 0 Å². The summed E-state index contributed by atoms with van der Waals surface area (Å²) in [6.45, 7) is 3.44. The Kier molecular flexibility index (Phi) is 2.98. The van der Waals surface area contributed by atoms with Gasteiger partial charge in [-0.15, -0.1) is 0 Å². The summed E-state index contributed by atoms with van der Waals surface area (Å²) in [4.78, 5) is 20.9. The predicted octanol–water partition coefficient (Wildman–Crippen LogP) is 1.92. The molecule has 1 unspecified atom stereocenters. The van der Waals surface area contributed by atoms with Gasteiger partial charge in [-0.05, 0) is 44.0 Å². The van der Waals surface area contributed by atoms with Gasteiger partial charge in [0.25, 0.3) is 0 Å². The molecule has 1 aromatic carbocycles. The normalized spacial score (nSPS) is 20.2. The van der Waals surface area contributed by atoms with Crippen LogP contribution in [0.1, 0.15) is 24.2 Å². The van der Waals surface area contributed by atoms with Crippen LogP contribution in [0, 0.1) is 6.92 Å². The molecule has 1 aliphatic heterocycles. The van der Waals surface area contributed by atoms with Gasteiger partial charge in [0, 0.05) is 0 Å². The number of imidazole rings is 1. The van der Waals surface area contributed by atoms with Crippen LogP contribution in [0.3, 0.4) is 0 Å². The van der Waals surface area contributed by atoms with Crippen LogP contribution in [-0.4, -0.2) is 38.5 Å². The third kappa shape index (κ3) is 2.33. The van der Waals surface area contributed by atoms with Crippen molar-refractivity contribution in [2.45, 2.75) is 32.4 Å². The van der Waals surface area contributed by atoms with Crippen molar-refractivity contribution in [2.24, 2.45) is 0 Å². The molecule has 0 saturated carbocycles. The first-order valence-corrected chi connectivity index (χ1v) is 6.55. The van der Waals surface area contributed by atoms with E-state index in [1.54, 1.807) is 0 Å². The zero-order valence-electron chi connectivity index (χ0n) is 10.9. The molecule has 19 heavy (non-hydrogen) atoms. The Morgan fingerprint density at radius 1 is 1.58 bits per heavy atom. The number of aromatic nitrogens is 2. The van der Waals surface area contributed by atoms with Gasteiger partial charge in [0.2, 0.25) is 0 Å². The van der Waals surface area contributed by atoms with Crippen LogP contribution in [0.15, 0.2) is 18.2 Å². The van der Waals surface area contributed by atoms with Crippen molar-refractivity contribution < 1.29 is 9.90 Å². The Labute approximate surface area is 111 Å². The number of likely N-dealkylation sites (tertiary alicyclic amines) is 1. The van der Waals surface area contributed by atoms with Gasteiger partial charge < -0.3 is 10.1 Å². The second-order valence-electron chi connectivity index (χ2n) is 5.17. The summed E-state index contributed by atoms with van der Waals surface area (Å²) in [7, 11) is 0. The predicted molar refractivity (Wildman–Crippen MR) is 71.9 cm³/mol. The molecule has 100 valence electrons. The average molecular weight is 259 g/mol. The van der Waals surface area contributed by atoms with E-state index >= 15 is 0 Å². The van der Waals surface area contributed by atoms with E-state index < -0.39 is 5.97 Å². The maximum Gasteiger partial charge on any atom is 0.320 e. The number of nitrogens with zero attached hydrogens (tertiary/aromatic N) is 2. The number of hydrogen-bond donors (Lipinski definition) is 2. The highest BCUT2D eigenvalue weighted by Crippen LogP contribution is 2.21. The third-order valence-corrected chi connectivity index (χ3v) is 3.69. The summed E-state index contributed by atoms with van der Waals surface area (Å²) in [5.41, 5.74) is 3.14. The number of aromatic amines is 1. The number of fused-ring (bicyclic) bond motifs is 1. The Morgan fingerprint density at radius 3 is 3.21 bits per heavy atom. The van der Waals surface area contributed by atoms with E-state index in [1.807, 2.05) is 24.0 Å². The minimum Gasteiger partial charge on any atom is -0.480 e. The van der Waals surface area contributed by atoms with Crippen molar-refractivity contribution in [3.8, 4) is 0 Å². The van der Waals surface area contributed by atoms with E-state index in [2.05, 4.69) is 16.0 Å². The van der Waals surface area contributed by atoms with E-state index in [0.717, 1.165) is 36.2 Å². The summed E-state index contributed by atoms with van der Waals surface area (Å²) >= 11 is 0. The van der Waals surface area contributed by atoms with Crippen molar-refractivity contribution >= 4 is 17.0 Å². The fraction of sp³-hybridized carbons (Fsp3) is 0.429. The number of hydrogen-bond acceptors (Lipinski definition) is 3. The van der Waals surface area contributed by atoms with E-state index in [1.165, 1.54) is 5.56 Å². The number of benzene rings is 1. The van der Waals surface area contributed by atoms with Crippen molar-refractivity contribution in [2.75, 3.05) is 6.54 Å². The molecule has 1 aromatic heterocycles. The van der Waals surface area contributed by atoms with Crippen molar-refractivity contribution in [3.63, 3.8) is 0 Å². The highest BCUT2D eigenvalue weighted by Gasteiger charge is 2.30. The van der Waals surface area contributed by atoms with E-state index in [-0.39, 0.29) is 6.04 Å².